The molecule has 2 rings (SSSR count). The lowest BCUT2D eigenvalue weighted by atomic mass is 9.81. The molecule has 1 saturated carbocycles. The van der Waals surface area contributed by atoms with Gasteiger partial charge in [0.2, 0.25) is 0 Å². The summed E-state index contributed by atoms with van der Waals surface area (Å²) in [5, 5.41) is 0. The zero-order valence-corrected chi connectivity index (χ0v) is 7.23. The molecule has 1 saturated heterocycles. The Balaban J connectivity index is 1.82. The summed E-state index contributed by atoms with van der Waals surface area (Å²) in [6.45, 7) is 3.31. The van der Waals surface area contributed by atoms with Gasteiger partial charge >= 0.3 is 0 Å². The van der Waals surface area contributed by atoms with Gasteiger partial charge in [0.1, 0.15) is 0 Å². The van der Waals surface area contributed by atoms with Crippen molar-refractivity contribution in [3.63, 3.8) is 0 Å². The number of fused-ring (bicyclic) bond motifs is 1. The molecular formula is C9H14O3. The van der Waals surface area contributed by atoms with Gasteiger partial charge in [-0.15, -0.1) is 0 Å². The van der Waals surface area contributed by atoms with Crippen molar-refractivity contribution in [3.05, 3.63) is 0 Å². The summed E-state index contributed by atoms with van der Waals surface area (Å²) in [6.07, 6.45) is 3.20. The van der Waals surface area contributed by atoms with Gasteiger partial charge in [0.05, 0.1) is 18.8 Å². The fourth-order valence-electron chi connectivity index (χ4n) is 2.08. The molecule has 4 unspecified atom stereocenters. The Morgan fingerprint density at radius 2 is 2.25 bits per heavy atom. The highest BCUT2D eigenvalue weighted by Crippen LogP contribution is 2.42. The first-order chi connectivity index (χ1) is 5.81. The Morgan fingerprint density at radius 1 is 1.50 bits per heavy atom. The normalized spacial score (nSPS) is 44.8. The predicted molar refractivity (Wildman–Crippen MR) is 42.6 cm³/mol. The van der Waals surface area contributed by atoms with Crippen molar-refractivity contribution in [2.24, 2.45) is 11.8 Å². The van der Waals surface area contributed by atoms with Gasteiger partial charge in [0.25, 0.3) is 6.47 Å². The predicted octanol–water partition coefficient (Wildman–Crippen LogP) is 0.973. The van der Waals surface area contributed by atoms with Gasteiger partial charge in [-0.05, 0) is 24.7 Å². The highest BCUT2D eigenvalue weighted by molar-refractivity contribution is 5.36. The SMILES string of the molecule is CC1CC2OC2CC1COC=O. The summed E-state index contributed by atoms with van der Waals surface area (Å²) in [5.74, 6) is 1.15. The smallest absolute Gasteiger partial charge is 0.293 e. The molecule has 0 aromatic carbocycles. The molecule has 0 N–H and O–H groups in total. The van der Waals surface area contributed by atoms with Gasteiger partial charge in [0, 0.05) is 0 Å². The molecule has 0 bridgehead atoms. The molecule has 0 aromatic heterocycles. The van der Waals surface area contributed by atoms with Crippen molar-refractivity contribution in [3.8, 4) is 0 Å². The molecule has 0 spiro atoms. The largest absolute Gasteiger partial charge is 0.468 e. The van der Waals surface area contributed by atoms with E-state index in [1.54, 1.807) is 0 Å². The van der Waals surface area contributed by atoms with Crippen LogP contribution in [0.4, 0.5) is 0 Å². The number of ether oxygens (including phenoxy) is 2. The van der Waals surface area contributed by atoms with E-state index in [-0.39, 0.29) is 0 Å². The third-order valence-corrected chi connectivity index (χ3v) is 3.01. The summed E-state index contributed by atoms with van der Waals surface area (Å²) < 4.78 is 10.2. The Labute approximate surface area is 72.0 Å². The molecule has 1 aliphatic carbocycles. The zero-order valence-electron chi connectivity index (χ0n) is 7.23. The van der Waals surface area contributed by atoms with Gasteiger partial charge in [-0.3, -0.25) is 4.79 Å². The molecule has 12 heavy (non-hydrogen) atoms. The molecule has 3 nitrogen and oxygen atoms in total. The van der Waals surface area contributed by atoms with Crippen molar-refractivity contribution < 1.29 is 14.3 Å². The fourth-order valence-corrected chi connectivity index (χ4v) is 2.08. The van der Waals surface area contributed by atoms with Crippen LogP contribution in [0.1, 0.15) is 19.8 Å². The third kappa shape index (κ3) is 1.46. The molecule has 2 fully saturated rings. The maximum atomic E-state index is 9.99. The quantitative estimate of drug-likeness (QED) is 0.468. The standard InChI is InChI=1S/C9H14O3/c1-6-2-8-9(12-8)3-7(6)4-11-5-10/h5-9H,2-4H2,1H3. The lowest BCUT2D eigenvalue weighted by molar-refractivity contribution is -0.130. The Hall–Kier alpha value is -0.570. The highest BCUT2D eigenvalue weighted by atomic mass is 16.6. The number of hydrogen-bond acceptors (Lipinski definition) is 3. The lowest BCUT2D eigenvalue weighted by Gasteiger charge is -2.24. The second-order valence-corrected chi connectivity index (χ2v) is 3.85. The van der Waals surface area contributed by atoms with Gasteiger partial charge in [-0.1, -0.05) is 6.92 Å². The van der Waals surface area contributed by atoms with Crippen molar-refractivity contribution in [1.82, 2.24) is 0 Å². The van der Waals surface area contributed by atoms with Crippen LogP contribution < -0.4 is 0 Å². The van der Waals surface area contributed by atoms with Crippen molar-refractivity contribution in [1.29, 1.82) is 0 Å². The summed E-state index contributed by atoms with van der Waals surface area (Å²) in [5.41, 5.74) is 0. The highest BCUT2D eigenvalue weighted by Gasteiger charge is 2.46. The minimum absolute atomic E-state index is 0.474. The van der Waals surface area contributed by atoms with E-state index in [4.69, 9.17) is 9.47 Å². The Kier molecular flexibility index (Phi) is 2.05. The molecule has 1 aliphatic heterocycles. The molecule has 0 radical (unpaired) electrons. The fraction of sp³-hybridized carbons (Fsp3) is 0.889. The Bertz CT molecular complexity index is 181. The number of rotatable bonds is 3. The second-order valence-electron chi connectivity index (χ2n) is 3.85. The molecular weight excluding hydrogens is 156 g/mol. The average molecular weight is 170 g/mol. The molecule has 3 heteroatoms. The third-order valence-electron chi connectivity index (χ3n) is 3.01. The Morgan fingerprint density at radius 3 is 3.00 bits per heavy atom. The summed E-state index contributed by atoms with van der Waals surface area (Å²) in [6, 6.07) is 0. The van der Waals surface area contributed by atoms with Gasteiger partial charge in [0.15, 0.2) is 0 Å². The molecule has 0 amide bonds. The first-order valence-electron chi connectivity index (χ1n) is 4.52. The molecule has 4 atom stereocenters. The molecule has 1 heterocycles. The maximum Gasteiger partial charge on any atom is 0.293 e. The number of epoxide rings is 1. The lowest BCUT2D eigenvalue weighted by Crippen LogP contribution is -2.26. The average Bonchev–Trinajstić information content (AvgIpc) is 2.78. The van der Waals surface area contributed by atoms with Crippen molar-refractivity contribution in [2.75, 3.05) is 6.61 Å². The molecule has 2 aliphatic rings. The van der Waals surface area contributed by atoms with E-state index in [2.05, 4.69) is 6.92 Å². The van der Waals surface area contributed by atoms with Crippen LogP contribution in [0, 0.1) is 11.8 Å². The van der Waals surface area contributed by atoms with Crippen molar-refractivity contribution in [2.45, 2.75) is 32.0 Å². The van der Waals surface area contributed by atoms with Crippen LogP contribution in [0.15, 0.2) is 0 Å². The van der Waals surface area contributed by atoms with E-state index in [0.29, 0.717) is 37.1 Å². The molecule has 68 valence electrons. The number of carbonyl (C=O) groups is 1. The first-order valence-corrected chi connectivity index (χ1v) is 4.52. The van der Waals surface area contributed by atoms with E-state index in [1.807, 2.05) is 0 Å². The summed E-state index contributed by atoms with van der Waals surface area (Å²) in [7, 11) is 0. The van der Waals surface area contributed by atoms with Crippen LogP contribution in [0.3, 0.4) is 0 Å². The van der Waals surface area contributed by atoms with E-state index >= 15 is 0 Å². The van der Waals surface area contributed by atoms with Crippen LogP contribution in [-0.4, -0.2) is 25.3 Å². The van der Waals surface area contributed by atoms with Crippen LogP contribution in [0.5, 0.6) is 0 Å². The van der Waals surface area contributed by atoms with Crippen LogP contribution in [0.25, 0.3) is 0 Å². The topological polar surface area (TPSA) is 38.8 Å². The molecule has 0 aromatic rings. The zero-order chi connectivity index (χ0) is 8.55. The maximum absolute atomic E-state index is 9.99. The van der Waals surface area contributed by atoms with Gasteiger partial charge in [-0.2, -0.15) is 0 Å². The first kappa shape index (κ1) is 8.05. The van der Waals surface area contributed by atoms with Gasteiger partial charge < -0.3 is 9.47 Å². The van der Waals surface area contributed by atoms with Crippen LogP contribution in [-0.2, 0) is 14.3 Å². The monoisotopic (exact) mass is 170 g/mol. The van der Waals surface area contributed by atoms with E-state index in [9.17, 15) is 4.79 Å². The summed E-state index contributed by atoms with van der Waals surface area (Å²) in [4.78, 5) is 9.99. The number of carbonyl (C=O) groups excluding carboxylic acids is 1. The van der Waals surface area contributed by atoms with E-state index < -0.39 is 0 Å². The van der Waals surface area contributed by atoms with Crippen molar-refractivity contribution >= 4 is 6.47 Å². The van der Waals surface area contributed by atoms with E-state index in [0.717, 1.165) is 12.8 Å². The number of hydrogen-bond donors (Lipinski definition) is 0. The second kappa shape index (κ2) is 3.05. The minimum Gasteiger partial charge on any atom is -0.468 e. The van der Waals surface area contributed by atoms with Crippen LogP contribution in [0.2, 0.25) is 0 Å². The van der Waals surface area contributed by atoms with Gasteiger partial charge in [-0.25, -0.2) is 0 Å². The minimum atomic E-state index is 0.474. The van der Waals surface area contributed by atoms with Crippen LogP contribution >= 0.6 is 0 Å². The van der Waals surface area contributed by atoms with E-state index in [1.165, 1.54) is 0 Å². The summed E-state index contributed by atoms with van der Waals surface area (Å²) >= 11 is 0.